The summed E-state index contributed by atoms with van der Waals surface area (Å²) in [6.07, 6.45) is -70.1. The van der Waals surface area contributed by atoms with Crippen LogP contribution in [0.25, 0.3) is 9.65 Å². The first-order valence-electron chi connectivity index (χ1n) is 28.7. The van der Waals surface area contributed by atoms with Crippen LogP contribution >= 0.6 is 0 Å². The predicted octanol–water partition coefficient (Wildman–Crippen LogP) is -14.6. The fourth-order valence-electron chi connectivity index (χ4n) is 12.0. The van der Waals surface area contributed by atoms with E-state index >= 15 is 0 Å². The van der Waals surface area contributed by atoms with Gasteiger partial charge in [0.15, 0.2) is 31.5 Å². The van der Waals surface area contributed by atoms with E-state index in [0.717, 1.165) is 4.26 Å². The van der Waals surface area contributed by atoms with Crippen LogP contribution in [0, 0.1) is 0 Å². The monoisotopic (exact) mass is 1360 g/mol. The summed E-state index contributed by atoms with van der Waals surface area (Å²) in [5.74, 6) is 0. The molecule has 1 aromatic heterocycles. The minimum absolute atomic E-state index is 0.0730. The zero-order valence-corrected chi connectivity index (χ0v) is 48.5. The molecule has 89 heavy (non-hydrogen) atoms. The van der Waals surface area contributed by atoms with Gasteiger partial charge in [-0.05, 0) is 0 Å². The number of hydrogen-bond donors (Lipinski definition) is 21. The van der Waals surface area contributed by atoms with E-state index < -0.39 is 255 Å². The third kappa shape index (κ3) is 14.0. The molecule has 37 nitrogen and oxygen atoms in total. The molecule has 21 saturated heterocycles. The smallest absolute Gasteiger partial charge is 0.394 e. The number of hydrogen-bond acceptors (Lipinski definition) is 36. The van der Waals surface area contributed by atoms with Gasteiger partial charge in [-0.25, -0.2) is 0 Å². The number of nitrogens with one attached hydrogen (secondary N) is 1. The fourth-order valence-corrected chi connectivity index (χ4v) is 14.1. The quantitative estimate of drug-likeness (QED) is 0.0734. The van der Waals surface area contributed by atoms with Gasteiger partial charge in [-0.15, -0.1) is 0 Å². The van der Waals surface area contributed by atoms with Gasteiger partial charge in [0.1, 0.15) is 97.7 Å². The van der Waals surface area contributed by atoms with E-state index in [0.29, 0.717) is 5.39 Å². The van der Waals surface area contributed by atoms with Crippen molar-refractivity contribution in [1.82, 2.24) is 8.88 Å². The van der Waals surface area contributed by atoms with Gasteiger partial charge in [0.2, 0.25) is 0 Å². The van der Waals surface area contributed by atoms with Crippen LogP contribution in [0.15, 0.2) is 29.1 Å². The number of aliphatic hydroxyl groups is 20. The van der Waals surface area contributed by atoms with Crippen molar-refractivity contribution in [3.63, 3.8) is 0 Å². The standard InChI is InChI=1S/C51H78N2O35Se/c54-8-16-38-25(62)32(69)47(77-16)85-40-18(10-56)79-49(34(71)27(40)64)87-42-20(12-58)81-51(36(73)29(42)66)88-43-21(13-59)80-50(35(72)28(43)65)86-41-19(11-57)78-48(33(70)26(41)63)84-39-17(9-55)76-46(31(68)24(39)61)82-37-15(75-45(83-38)30(67)23(37)60)7-52-5-6-53-44(74)14-3-1-2-4-22(14)89-53/h1-4,15-21,23-43,45-52,54-73H,5-13H2/t15-,16-,17-,18-,19-,20-,21-,23-,24-,25-,26-,27-,28-,29-,30-,31-,32-,33-,34-,35-,36-,37-,38-,39-,40-,41-,42-,43-,45-,46-,47-,48-,49-,50-,51-/m1/s1. The van der Waals surface area contributed by atoms with Crippen molar-refractivity contribution in [2.75, 3.05) is 52.7 Å². The van der Waals surface area contributed by atoms with Gasteiger partial charge < -0.3 is 119 Å². The molecule has 21 aliphatic rings. The Labute approximate surface area is 509 Å². The molecule has 2 aromatic rings. The molecule has 21 aliphatic heterocycles. The minimum atomic E-state index is -2.22. The maximum atomic E-state index is 13.2. The first-order chi connectivity index (χ1) is 42.6. The van der Waals surface area contributed by atoms with Crippen LogP contribution in [0.5, 0.6) is 0 Å². The van der Waals surface area contributed by atoms with Gasteiger partial charge >= 0.3 is 236 Å². The summed E-state index contributed by atoms with van der Waals surface area (Å²) in [5.41, 5.74) is -0.225. The number of benzene rings is 1. The summed E-state index contributed by atoms with van der Waals surface area (Å²) in [6.45, 7) is -6.41. The van der Waals surface area contributed by atoms with Crippen molar-refractivity contribution in [2.24, 2.45) is 0 Å². The molecular weight excluding hydrogens is 1280 g/mol. The van der Waals surface area contributed by atoms with Crippen molar-refractivity contribution in [1.29, 1.82) is 0 Å². The SMILES string of the molecule is O=c1c2ccccc2[se]n1CCNC[C@H]1O[C@@H]2O[C@H]3[C@H](O)[C@@H](O)[C@@H](O[C@H]4[C@H](O)[C@@H](O)[C@@H](O[C@H]5[C@H](O)[C@@H](O)[C@@H](O[C@H]6[C@H](O)[C@@H](O)[C@@H](O[C@H]7[C@H](O)[C@@H](O)[C@@H](O[C@H]8[C@H](O)[C@@H](O)[C@@H](O[C@H]1[C@H](O)[C@H]2O)O[C@@H]8CO)O[C@@H]7CO)O[C@@H]6CO)O[C@@H]5CO)O[C@@H]4CO)O[C@@H]3CO. The van der Waals surface area contributed by atoms with E-state index in [9.17, 15) is 107 Å². The molecule has 14 bridgehead atoms. The molecule has 1 aromatic carbocycles. The Morgan fingerprint density at radius 1 is 0.337 bits per heavy atom. The topological polar surface area (TPSA) is 568 Å². The molecule has 23 rings (SSSR count). The first-order valence-corrected chi connectivity index (χ1v) is 30.3. The zero-order valence-electron chi connectivity index (χ0n) is 46.8. The van der Waals surface area contributed by atoms with Crippen LogP contribution in [-0.2, 0) is 72.9 Å². The third-order valence-electron chi connectivity index (χ3n) is 17.0. The molecule has 35 atom stereocenters. The van der Waals surface area contributed by atoms with Crippen molar-refractivity contribution >= 4 is 24.4 Å². The molecule has 21 fully saturated rings. The van der Waals surface area contributed by atoms with Gasteiger partial charge in [-0.3, -0.25) is 0 Å². The van der Waals surface area contributed by atoms with Gasteiger partial charge in [0, 0.05) is 0 Å². The Balaban J connectivity index is 0.936. The zero-order chi connectivity index (χ0) is 64.0. The summed E-state index contributed by atoms with van der Waals surface area (Å²) >= 11 is -0.389. The summed E-state index contributed by atoms with van der Waals surface area (Å²) in [5, 5.41) is 228. The third-order valence-corrected chi connectivity index (χ3v) is 19.3. The fraction of sp³-hybridized carbons (Fsp3) is 0.863. The van der Waals surface area contributed by atoms with Crippen LogP contribution in [0.3, 0.4) is 0 Å². The number of ether oxygens (including phenoxy) is 14. The van der Waals surface area contributed by atoms with Gasteiger partial charge in [0.05, 0.1) is 26.4 Å². The Morgan fingerprint density at radius 3 is 0.820 bits per heavy atom. The van der Waals surface area contributed by atoms with Crippen LogP contribution in [0.2, 0.25) is 0 Å². The van der Waals surface area contributed by atoms with E-state index in [2.05, 4.69) is 5.32 Å². The average Bonchev–Trinajstić information content (AvgIpc) is 1.59. The molecule has 0 radical (unpaired) electrons. The maximum absolute atomic E-state index is 13.2. The van der Waals surface area contributed by atoms with Crippen LogP contribution < -0.4 is 10.9 Å². The van der Waals surface area contributed by atoms with Crippen LogP contribution in [0.1, 0.15) is 0 Å². The number of nitrogens with zero attached hydrogens (tertiary/aromatic N) is 1. The van der Waals surface area contributed by atoms with Gasteiger partial charge in [-0.1, -0.05) is 0 Å². The Hall–Kier alpha value is -2.19. The summed E-state index contributed by atoms with van der Waals surface area (Å²) < 4.78 is 84.0. The molecule has 0 spiro atoms. The molecule has 21 N–H and O–H groups in total. The molecule has 22 heterocycles. The van der Waals surface area contributed by atoms with Crippen molar-refractivity contribution in [3.8, 4) is 0 Å². The molecular formula is C51H78N2O35Se. The molecule has 508 valence electrons. The number of fused-ring (bicyclic) bond motifs is 1. The van der Waals surface area contributed by atoms with Gasteiger partial charge in [0.25, 0.3) is 0 Å². The second kappa shape index (κ2) is 29.8. The van der Waals surface area contributed by atoms with E-state index in [-0.39, 0.29) is 39.9 Å². The van der Waals surface area contributed by atoms with E-state index in [1.807, 2.05) is 6.07 Å². The Bertz CT molecular complexity index is 2600. The van der Waals surface area contributed by atoms with E-state index in [1.54, 1.807) is 21.8 Å². The summed E-state index contributed by atoms with van der Waals surface area (Å²) in [4.78, 5) is 13.2. The average molecular weight is 1360 g/mol. The minimum Gasteiger partial charge on any atom is -0.394 e. The molecule has 0 unspecified atom stereocenters. The number of rotatable bonds is 11. The number of aliphatic hydroxyl groups excluding tert-OH is 20. The Morgan fingerprint density at radius 2 is 0.573 bits per heavy atom. The van der Waals surface area contributed by atoms with Crippen LogP contribution in [0.4, 0.5) is 0 Å². The van der Waals surface area contributed by atoms with Crippen molar-refractivity contribution in [2.45, 2.75) is 221 Å². The molecule has 0 aliphatic carbocycles. The van der Waals surface area contributed by atoms with Crippen LogP contribution in [-0.4, -0.2) is 388 Å². The van der Waals surface area contributed by atoms with E-state index in [4.69, 9.17) is 66.3 Å². The second-order valence-electron chi connectivity index (χ2n) is 22.7. The summed E-state index contributed by atoms with van der Waals surface area (Å²) in [6, 6.07) is 7.03. The molecule has 0 saturated carbocycles. The van der Waals surface area contributed by atoms with Crippen molar-refractivity contribution in [3.05, 3.63) is 34.6 Å². The Kier molecular flexibility index (Phi) is 23.3. The molecule has 38 heteroatoms. The second-order valence-corrected chi connectivity index (χ2v) is 24.9. The summed E-state index contributed by atoms with van der Waals surface area (Å²) in [7, 11) is 0. The van der Waals surface area contributed by atoms with Crippen molar-refractivity contribution < 1.29 is 168 Å². The van der Waals surface area contributed by atoms with Gasteiger partial charge in [-0.2, -0.15) is 0 Å². The first kappa shape index (κ1) is 69.6. The normalized spacial score (nSPS) is 49.6. The molecule has 0 amide bonds. The number of aromatic nitrogens is 1. The predicted molar refractivity (Wildman–Crippen MR) is 279 cm³/mol. The van der Waals surface area contributed by atoms with E-state index in [1.165, 1.54) is 0 Å².